The molecule has 0 saturated heterocycles. The number of aromatic nitrogens is 5. The molecule has 4 heterocycles. The second-order valence-corrected chi connectivity index (χ2v) is 8.16. The molecule has 2 aromatic heterocycles. The first-order chi connectivity index (χ1) is 15.7. The summed E-state index contributed by atoms with van der Waals surface area (Å²) in [5, 5.41) is 12.2. The zero-order chi connectivity index (χ0) is 21.7. The highest BCUT2D eigenvalue weighted by Crippen LogP contribution is 2.34. The topological polar surface area (TPSA) is 82.2 Å². The van der Waals surface area contributed by atoms with E-state index in [1.165, 1.54) is 5.56 Å². The van der Waals surface area contributed by atoms with Gasteiger partial charge in [0.05, 0.1) is 24.5 Å². The lowest BCUT2D eigenvalue weighted by Crippen LogP contribution is -2.15. The first-order valence-electron chi connectivity index (χ1n) is 10.7. The van der Waals surface area contributed by atoms with Crippen molar-refractivity contribution in [3.8, 4) is 17.1 Å². The average molecular weight is 425 g/mol. The van der Waals surface area contributed by atoms with Crippen molar-refractivity contribution in [3.05, 3.63) is 83.2 Å². The van der Waals surface area contributed by atoms with Crippen molar-refractivity contribution in [3.63, 3.8) is 0 Å². The van der Waals surface area contributed by atoms with Crippen LogP contribution >= 0.6 is 0 Å². The molecule has 8 heteroatoms. The van der Waals surface area contributed by atoms with Gasteiger partial charge in [0.25, 0.3) is 0 Å². The van der Waals surface area contributed by atoms with Crippen LogP contribution in [0.1, 0.15) is 34.4 Å². The van der Waals surface area contributed by atoms with E-state index in [4.69, 9.17) is 14.7 Å². The Morgan fingerprint density at radius 3 is 2.84 bits per heavy atom. The number of fused-ring (bicyclic) bond motifs is 5. The minimum atomic E-state index is -0.0189. The van der Waals surface area contributed by atoms with Crippen molar-refractivity contribution in [2.75, 3.05) is 13.7 Å². The molecule has 0 radical (unpaired) electrons. The highest BCUT2D eigenvalue weighted by Gasteiger charge is 2.30. The Kier molecular flexibility index (Phi) is 4.39. The molecule has 6 rings (SSSR count). The highest BCUT2D eigenvalue weighted by atomic mass is 16.5. The Balaban J connectivity index is 1.49. The Morgan fingerprint density at radius 1 is 1.12 bits per heavy atom. The van der Waals surface area contributed by atoms with E-state index < -0.39 is 0 Å². The van der Waals surface area contributed by atoms with Gasteiger partial charge in [-0.1, -0.05) is 42.0 Å². The Hall–Kier alpha value is -3.78. The summed E-state index contributed by atoms with van der Waals surface area (Å²) < 4.78 is 10.3. The molecule has 2 aliphatic heterocycles. The number of hydrogen-bond donors (Lipinski definition) is 1. The third kappa shape index (κ3) is 2.95. The lowest BCUT2D eigenvalue weighted by Gasteiger charge is -2.09. The number of benzene rings is 2. The number of rotatable bonds is 4. The van der Waals surface area contributed by atoms with Crippen molar-refractivity contribution >= 4 is 5.90 Å². The summed E-state index contributed by atoms with van der Waals surface area (Å²) in [6.45, 7) is 3.82. The van der Waals surface area contributed by atoms with Crippen LogP contribution in [0.4, 0.5) is 0 Å². The molecule has 160 valence electrons. The van der Waals surface area contributed by atoms with Gasteiger partial charge in [-0.25, -0.2) is 9.98 Å². The lowest BCUT2D eigenvalue weighted by atomic mass is 10.1. The van der Waals surface area contributed by atoms with Gasteiger partial charge in [0.15, 0.2) is 5.82 Å². The van der Waals surface area contributed by atoms with E-state index in [-0.39, 0.29) is 6.04 Å². The van der Waals surface area contributed by atoms with Crippen LogP contribution in [0.3, 0.4) is 0 Å². The molecule has 0 aliphatic carbocycles. The van der Waals surface area contributed by atoms with E-state index in [9.17, 15) is 0 Å². The summed E-state index contributed by atoms with van der Waals surface area (Å²) in [6, 6.07) is 16.6. The van der Waals surface area contributed by atoms with Crippen molar-refractivity contribution < 1.29 is 4.74 Å². The van der Waals surface area contributed by atoms with E-state index in [0.29, 0.717) is 25.6 Å². The summed E-state index contributed by atoms with van der Waals surface area (Å²) >= 11 is 0. The number of ether oxygens (including phenoxy) is 1. The van der Waals surface area contributed by atoms with Gasteiger partial charge in [-0.3, -0.25) is 4.57 Å². The second kappa shape index (κ2) is 7.42. The third-order valence-electron chi connectivity index (χ3n) is 6.03. The number of nitrogens with one attached hydrogen (secondary N) is 1. The summed E-state index contributed by atoms with van der Waals surface area (Å²) in [6.07, 6.45) is 1.86. The quantitative estimate of drug-likeness (QED) is 0.479. The minimum absolute atomic E-state index is 0.0189. The number of nitrogens with zero attached hydrogens (tertiary/aromatic N) is 6. The highest BCUT2D eigenvalue weighted by molar-refractivity contribution is 5.95. The lowest BCUT2D eigenvalue weighted by molar-refractivity contribution is 0.319. The van der Waals surface area contributed by atoms with Crippen LogP contribution in [0.25, 0.3) is 17.1 Å². The molecule has 0 amide bonds. The van der Waals surface area contributed by atoms with Gasteiger partial charge >= 0.3 is 0 Å². The van der Waals surface area contributed by atoms with Crippen molar-refractivity contribution in [2.45, 2.75) is 26.1 Å². The molecule has 0 saturated carbocycles. The third-order valence-corrected chi connectivity index (χ3v) is 6.03. The maximum atomic E-state index is 6.05. The fourth-order valence-corrected chi connectivity index (χ4v) is 4.44. The van der Waals surface area contributed by atoms with Crippen LogP contribution in [0, 0.1) is 6.92 Å². The van der Waals surface area contributed by atoms with E-state index in [1.807, 2.05) is 31.6 Å². The first kappa shape index (κ1) is 18.9. The molecule has 0 unspecified atom stereocenters. The molecule has 1 N–H and O–H groups in total. The molecule has 0 fully saturated rings. The maximum Gasteiger partial charge on any atom is 0.238 e. The Labute approximate surface area is 185 Å². The zero-order valence-electron chi connectivity index (χ0n) is 18.0. The Bertz CT molecular complexity index is 1340. The largest absolute Gasteiger partial charge is 0.474 e. The zero-order valence-corrected chi connectivity index (χ0v) is 18.0. The van der Waals surface area contributed by atoms with E-state index in [1.54, 1.807) is 0 Å². The van der Waals surface area contributed by atoms with Gasteiger partial charge in [-0.05, 0) is 31.7 Å². The van der Waals surface area contributed by atoms with Gasteiger partial charge in [-0.15, -0.1) is 10.2 Å². The SMILES string of the molecule is CNCc1nnc2n1Cc1c(C3=N[C@H](c4ccccc4)CO3)ncn1-c1ccc(C)cc1-2. The van der Waals surface area contributed by atoms with Crippen LogP contribution in [0.5, 0.6) is 0 Å². The molecule has 4 aromatic rings. The smallest absolute Gasteiger partial charge is 0.238 e. The normalized spacial score (nSPS) is 16.6. The number of imidazole rings is 1. The summed E-state index contributed by atoms with van der Waals surface area (Å²) in [5.41, 5.74) is 6.17. The molecule has 0 bridgehead atoms. The monoisotopic (exact) mass is 425 g/mol. The van der Waals surface area contributed by atoms with Gasteiger partial charge in [-0.2, -0.15) is 0 Å². The fourth-order valence-electron chi connectivity index (χ4n) is 4.44. The molecular weight excluding hydrogens is 402 g/mol. The van der Waals surface area contributed by atoms with Crippen molar-refractivity contribution in [2.24, 2.45) is 4.99 Å². The van der Waals surface area contributed by atoms with Crippen LogP contribution in [-0.2, 0) is 17.8 Å². The van der Waals surface area contributed by atoms with Gasteiger partial charge in [0.1, 0.15) is 30.5 Å². The minimum Gasteiger partial charge on any atom is -0.474 e. The summed E-state index contributed by atoms with van der Waals surface area (Å²) in [4.78, 5) is 9.62. The summed E-state index contributed by atoms with van der Waals surface area (Å²) in [5.74, 6) is 2.33. The number of aryl methyl sites for hydroxylation is 1. The molecule has 0 spiro atoms. The maximum absolute atomic E-state index is 6.05. The van der Waals surface area contributed by atoms with Gasteiger partial charge < -0.3 is 14.6 Å². The summed E-state index contributed by atoms with van der Waals surface area (Å²) in [7, 11) is 1.91. The first-order valence-corrected chi connectivity index (χ1v) is 10.7. The van der Waals surface area contributed by atoms with E-state index >= 15 is 0 Å². The van der Waals surface area contributed by atoms with Crippen molar-refractivity contribution in [1.82, 2.24) is 29.6 Å². The number of aliphatic imine (C=N–C) groups is 1. The molecule has 2 aliphatic rings. The number of hydrogen-bond acceptors (Lipinski definition) is 6. The molecule has 8 nitrogen and oxygen atoms in total. The predicted octanol–water partition coefficient (Wildman–Crippen LogP) is 3.04. The predicted molar refractivity (Wildman–Crippen MR) is 121 cm³/mol. The standard InChI is InChI=1S/C24H23N7O/c1-15-8-9-19-17(10-15)23-29-28-21(11-25-2)30(23)12-20-22(26-14-31(19)20)24-27-18(13-32-24)16-6-4-3-5-7-16/h3-10,14,18,25H,11-13H2,1-2H3/t18-/m0/s1. The van der Waals surface area contributed by atoms with E-state index in [0.717, 1.165) is 39.9 Å². The van der Waals surface area contributed by atoms with E-state index in [2.05, 4.69) is 61.9 Å². The average Bonchev–Trinajstić information content (AvgIpc) is 3.53. The van der Waals surface area contributed by atoms with Crippen LogP contribution in [-0.4, -0.2) is 43.9 Å². The van der Waals surface area contributed by atoms with Gasteiger partial charge in [0.2, 0.25) is 5.90 Å². The molecule has 2 aromatic carbocycles. The van der Waals surface area contributed by atoms with Crippen LogP contribution in [0.2, 0.25) is 0 Å². The Morgan fingerprint density at radius 2 is 2.00 bits per heavy atom. The van der Waals surface area contributed by atoms with Crippen LogP contribution < -0.4 is 5.32 Å². The molecule has 32 heavy (non-hydrogen) atoms. The molecular formula is C24H23N7O. The van der Waals surface area contributed by atoms with Gasteiger partial charge in [0, 0.05) is 5.56 Å². The van der Waals surface area contributed by atoms with Crippen molar-refractivity contribution in [1.29, 1.82) is 0 Å². The fraction of sp³-hybridized carbons (Fsp3) is 0.250. The van der Waals surface area contributed by atoms with Crippen LogP contribution in [0.15, 0.2) is 59.9 Å². The second-order valence-electron chi connectivity index (χ2n) is 8.16. The molecule has 1 atom stereocenters.